The molecule has 13 nitrogen and oxygen atoms in total. The van der Waals surface area contributed by atoms with Gasteiger partial charge in [-0.3, -0.25) is 24.6 Å². The molecule has 0 spiro atoms. The Labute approximate surface area is 252 Å². The number of rotatable bonds is 8. The molecule has 2 fully saturated rings. The molecular formula is C26H30F5N5O8S. The van der Waals surface area contributed by atoms with Gasteiger partial charge in [-0.2, -0.15) is 0 Å². The van der Waals surface area contributed by atoms with E-state index in [1.807, 2.05) is 0 Å². The first kappa shape index (κ1) is 35.3. The number of aliphatic hydroxyl groups excluding tert-OH is 2. The van der Waals surface area contributed by atoms with Gasteiger partial charge in [-0.05, 0) is 49.4 Å². The van der Waals surface area contributed by atoms with E-state index in [0.29, 0.717) is 18.7 Å². The van der Waals surface area contributed by atoms with E-state index >= 15 is 0 Å². The van der Waals surface area contributed by atoms with E-state index in [1.165, 1.54) is 31.2 Å². The number of hydrogen-bond donors (Lipinski definition) is 6. The van der Waals surface area contributed by atoms with Gasteiger partial charge in [0.2, 0.25) is 0 Å². The minimum atomic E-state index is -9.98. The van der Waals surface area contributed by atoms with Crippen molar-refractivity contribution in [2.24, 2.45) is 5.73 Å². The number of amidine groups is 1. The number of carbonyl (C=O) groups is 4. The van der Waals surface area contributed by atoms with Gasteiger partial charge in [-0.1, -0.05) is 25.5 Å². The van der Waals surface area contributed by atoms with Gasteiger partial charge in [0.15, 0.2) is 24.1 Å². The van der Waals surface area contributed by atoms with E-state index < -0.39 is 68.7 Å². The van der Waals surface area contributed by atoms with Gasteiger partial charge in [0.05, 0.1) is 13.2 Å². The van der Waals surface area contributed by atoms with Crippen LogP contribution in [0.3, 0.4) is 0 Å². The molecule has 0 aliphatic carbocycles. The van der Waals surface area contributed by atoms with Gasteiger partial charge in [0.1, 0.15) is 16.8 Å². The van der Waals surface area contributed by atoms with Crippen LogP contribution in [0.4, 0.5) is 30.8 Å². The fourth-order valence-electron chi connectivity index (χ4n) is 4.05. The summed E-state index contributed by atoms with van der Waals surface area (Å²) in [6, 6.07) is 7.74. The topological polar surface area (TPSA) is 204 Å². The number of morpholine rings is 2. The molecule has 3 amide bonds. The van der Waals surface area contributed by atoms with Gasteiger partial charge in [0.25, 0.3) is 17.7 Å². The van der Waals surface area contributed by atoms with Crippen molar-refractivity contribution in [3.8, 4) is 0 Å². The summed E-state index contributed by atoms with van der Waals surface area (Å²) in [5, 5.41) is 31.6. The molecule has 0 radical (unpaired) electrons. The smallest absolute Gasteiger partial charge is 0.310 e. The molecular weight excluding hydrogens is 637 g/mol. The zero-order valence-electron chi connectivity index (χ0n) is 23.4. The third kappa shape index (κ3) is 9.17. The predicted octanol–water partition coefficient (Wildman–Crippen LogP) is 1.81. The second-order valence-electron chi connectivity index (χ2n) is 9.81. The Kier molecular flexibility index (Phi) is 9.95. The van der Waals surface area contributed by atoms with E-state index in [4.69, 9.17) is 20.6 Å². The van der Waals surface area contributed by atoms with Crippen LogP contribution in [0.15, 0.2) is 53.4 Å². The minimum absolute atomic E-state index is 0.144. The Balaban J connectivity index is 0.000000385. The Hall–Kier alpha value is -4.17. The zero-order valence-corrected chi connectivity index (χ0v) is 24.2. The number of nitrogen functional groups attached to an aromatic ring is 1. The second-order valence-corrected chi connectivity index (χ2v) is 12.2. The highest BCUT2D eigenvalue weighted by Crippen LogP contribution is 3.02. The summed E-state index contributed by atoms with van der Waals surface area (Å²) in [6.07, 6.45) is -6.20. The van der Waals surface area contributed by atoms with Crippen molar-refractivity contribution in [2.75, 3.05) is 36.5 Å². The summed E-state index contributed by atoms with van der Waals surface area (Å²) in [5.74, 6) is -3.22. The molecule has 7 N–H and O–H groups in total. The zero-order chi connectivity index (χ0) is 33.8. The van der Waals surface area contributed by atoms with Crippen molar-refractivity contribution < 1.29 is 58.3 Å². The first-order chi connectivity index (χ1) is 20.7. The van der Waals surface area contributed by atoms with Crippen LogP contribution < -0.4 is 21.3 Å². The maximum Gasteiger partial charge on any atom is 0.310 e. The van der Waals surface area contributed by atoms with E-state index in [0.717, 1.165) is 17.0 Å². The van der Waals surface area contributed by atoms with Gasteiger partial charge in [0, 0.05) is 30.0 Å². The number of nitrogens with one attached hydrogen (secondary N) is 3. The molecule has 19 heteroatoms. The Morgan fingerprint density at radius 3 is 2.20 bits per heavy atom. The molecule has 2 aromatic rings. The van der Waals surface area contributed by atoms with Crippen molar-refractivity contribution >= 4 is 50.9 Å². The SMILES string of the molecule is CC(=O)[C@H](O)[C@H]1OCCNC1=O.N=C(N)c1ccc(NC(=O)[C@H](O)[C@H]2OCCN(c3cccc(S(F)(F)(F)(F)F)c3)C2=O)cc1. The summed E-state index contributed by atoms with van der Waals surface area (Å²) in [5.41, 5.74) is 5.43. The number of ether oxygens (including phenoxy) is 2. The fourth-order valence-corrected chi connectivity index (χ4v) is 4.73. The molecule has 0 saturated carbocycles. The normalized spacial score (nSPS) is 21.6. The molecule has 2 aromatic carbocycles. The van der Waals surface area contributed by atoms with E-state index in [1.54, 1.807) is 0 Å². The Morgan fingerprint density at radius 2 is 1.64 bits per heavy atom. The maximum absolute atomic E-state index is 13.1. The van der Waals surface area contributed by atoms with Crippen LogP contribution in [0.1, 0.15) is 12.5 Å². The number of benzene rings is 2. The number of nitrogens with zero attached hydrogens (tertiary/aromatic N) is 1. The van der Waals surface area contributed by atoms with E-state index in [-0.39, 0.29) is 36.8 Å². The van der Waals surface area contributed by atoms with Crippen LogP contribution >= 0.6 is 10.2 Å². The lowest BCUT2D eigenvalue weighted by atomic mass is 10.1. The second kappa shape index (κ2) is 12.7. The molecule has 4 atom stereocenters. The Bertz CT molecular complexity index is 1480. The van der Waals surface area contributed by atoms with Crippen molar-refractivity contribution in [1.29, 1.82) is 5.41 Å². The molecule has 248 valence electrons. The van der Waals surface area contributed by atoms with E-state index in [2.05, 4.69) is 10.6 Å². The number of nitrogens with two attached hydrogens (primary N) is 1. The summed E-state index contributed by atoms with van der Waals surface area (Å²) < 4.78 is 75.8. The fraction of sp³-hybridized carbons (Fsp3) is 0.346. The summed E-state index contributed by atoms with van der Waals surface area (Å²) in [6.45, 7) is 1.44. The average Bonchev–Trinajstić information content (AvgIpc) is 2.96. The monoisotopic (exact) mass is 667 g/mol. The number of hydrogen-bond acceptors (Lipinski definition) is 9. The Morgan fingerprint density at radius 1 is 1.02 bits per heavy atom. The average molecular weight is 668 g/mol. The van der Waals surface area contributed by atoms with Crippen LogP contribution in [0, 0.1) is 5.41 Å². The lowest BCUT2D eigenvalue weighted by molar-refractivity contribution is -0.153. The van der Waals surface area contributed by atoms with Crippen molar-refractivity contribution in [3.05, 3.63) is 54.1 Å². The van der Waals surface area contributed by atoms with Gasteiger partial charge >= 0.3 is 10.2 Å². The lowest BCUT2D eigenvalue weighted by Crippen LogP contribution is -2.55. The molecule has 2 saturated heterocycles. The number of anilines is 2. The largest absolute Gasteiger partial charge is 0.384 e. The molecule has 2 aliphatic rings. The third-order valence-electron chi connectivity index (χ3n) is 6.38. The standard InChI is InChI=1S/C19H19F5N4O4S.C7H11NO4/c20-33(21,22,23,24)14-3-1-2-13(10-14)28-8-9-32-16(19(28)31)15(29)18(30)27-12-6-4-11(5-7-12)17(25)26;1-4(9)5(10)6-7(11)8-2-3-12-6/h1-7,10,15-16,29H,8-9H2,(H3,25,26)(H,27,30);5-6,10H,2-3H2,1H3,(H,8,11)/t15-,16-;5-,6+/m10/s1. The number of ketones is 1. The number of Topliss-reactive ketones (excluding diaryl/α,β-unsaturated/α-hetero) is 1. The van der Waals surface area contributed by atoms with Gasteiger partial charge in [-0.25, -0.2) is 0 Å². The molecule has 2 aliphatic heterocycles. The van der Waals surface area contributed by atoms with Gasteiger partial charge < -0.3 is 41.0 Å². The van der Waals surface area contributed by atoms with Crippen LogP contribution in [0.5, 0.6) is 0 Å². The van der Waals surface area contributed by atoms with Crippen LogP contribution in [-0.4, -0.2) is 90.3 Å². The highest BCUT2D eigenvalue weighted by atomic mass is 32.5. The van der Waals surface area contributed by atoms with Crippen LogP contribution in [0.25, 0.3) is 0 Å². The van der Waals surface area contributed by atoms with Crippen LogP contribution in [-0.2, 0) is 28.7 Å². The molecule has 4 rings (SSSR count). The lowest BCUT2D eigenvalue weighted by Gasteiger charge is -2.41. The number of amides is 3. The first-order valence-corrected chi connectivity index (χ1v) is 14.9. The predicted molar refractivity (Wildman–Crippen MR) is 151 cm³/mol. The summed E-state index contributed by atoms with van der Waals surface area (Å²) in [4.78, 5) is 45.3. The molecule has 2 heterocycles. The quantitative estimate of drug-likeness (QED) is 0.138. The maximum atomic E-state index is 13.1. The molecule has 0 aromatic heterocycles. The van der Waals surface area contributed by atoms with Gasteiger partial charge in [-0.15, -0.1) is 0 Å². The number of carbonyl (C=O) groups excluding carboxylic acids is 4. The summed E-state index contributed by atoms with van der Waals surface area (Å²) in [7, 11) is -9.98. The summed E-state index contributed by atoms with van der Waals surface area (Å²) >= 11 is 0. The number of aliphatic hydroxyl groups is 2. The van der Waals surface area contributed by atoms with Crippen LogP contribution in [0.2, 0.25) is 0 Å². The van der Waals surface area contributed by atoms with Crippen molar-refractivity contribution in [2.45, 2.75) is 36.2 Å². The first-order valence-electron chi connectivity index (χ1n) is 13.0. The highest BCUT2D eigenvalue weighted by Gasteiger charge is 2.65. The molecule has 45 heavy (non-hydrogen) atoms. The molecule has 0 unspecified atom stereocenters. The number of halogens is 5. The third-order valence-corrected chi connectivity index (χ3v) is 7.52. The minimum Gasteiger partial charge on any atom is -0.384 e. The van der Waals surface area contributed by atoms with Crippen molar-refractivity contribution in [3.63, 3.8) is 0 Å². The molecule has 0 bridgehead atoms. The van der Waals surface area contributed by atoms with Crippen molar-refractivity contribution in [1.82, 2.24) is 5.32 Å². The van der Waals surface area contributed by atoms with E-state index in [9.17, 15) is 48.8 Å². The highest BCUT2D eigenvalue weighted by molar-refractivity contribution is 8.45.